The van der Waals surface area contributed by atoms with Crippen molar-refractivity contribution in [1.29, 1.82) is 0 Å². The van der Waals surface area contributed by atoms with Crippen LogP contribution in [0.15, 0.2) is 59.5 Å². The molecule has 11 heteroatoms. The van der Waals surface area contributed by atoms with Crippen molar-refractivity contribution in [2.75, 3.05) is 5.73 Å². The topological polar surface area (TPSA) is 110 Å². The number of hydrogen-bond acceptors (Lipinski definition) is 6. The second-order valence-corrected chi connectivity index (χ2v) is 8.34. The first-order valence-electron chi connectivity index (χ1n) is 10.4. The third-order valence-electron chi connectivity index (χ3n) is 5.53. The van der Waals surface area contributed by atoms with Gasteiger partial charge in [-0.05, 0) is 48.9 Å². The van der Waals surface area contributed by atoms with Crippen molar-refractivity contribution < 1.29 is 13.2 Å². The van der Waals surface area contributed by atoms with E-state index in [1.807, 2.05) is 0 Å². The molecule has 0 saturated carbocycles. The number of alkyl halides is 3. The first kappa shape index (κ1) is 22.7. The Morgan fingerprint density at radius 1 is 1.03 bits per heavy atom. The number of nitrogens with two attached hydrogens (primary N) is 1. The molecule has 4 aromatic heterocycles. The predicted molar refractivity (Wildman–Crippen MR) is 127 cm³/mol. The molecule has 1 atom stereocenters. The molecule has 0 aliphatic heterocycles. The number of H-pyrrole nitrogens is 1. The molecule has 3 N–H and O–H groups in total. The number of aromatic amines is 1. The third-order valence-corrected chi connectivity index (χ3v) is 5.84. The van der Waals surface area contributed by atoms with Crippen LogP contribution >= 0.6 is 11.6 Å². The van der Waals surface area contributed by atoms with Crippen molar-refractivity contribution in [2.24, 2.45) is 0 Å². The smallest absolute Gasteiger partial charge is 0.382 e. The predicted octanol–water partition coefficient (Wildman–Crippen LogP) is 5.17. The molecule has 0 saturated heterocycles. The van der Waals surface area contributed by atoms with Gasteiger partial charge in [0.25, 0.3) is 5.56 Å². The van der Waals surface area contributed by atoms with E-state index in [1.165, 1.54) is 30.5 Å². The van der Waals surface area contributed by atoms with Crippen molar-refractivity contribution >= 4 is 39.4 Å². The molecule has 5 rings (SSSR count). The number of hydrogen-bond donors (Lipinski definition) is 2. The summed E-state index contributed by atoms with van der Waals surface area (Å²) in [6, 6.07) is 12.1. The van der Waals surface area contributed by atoms with Gasteiger partial charge in [0, 0.05) is 17.3 Å². The molecule has 0 bridgehead atoms. The Bertz CT molecular complexity index is 1670. The van der Waals surface area contributed by atoms with Crippen molar-refractivity contribution in [3.63, 3.8) is 0 Å². The standard InChI is InChI=1S/C24H16ClF3N6O/c1-11-7-8-13(23(35)31-11)19-14(10-12-4-2-5-15(25)18(12)33-19)17(24(26,27)28)22-32-16-6-3-9-30-20(16)21(29)34-22/h2-10,17H,1H3,(H,31,35)(H2,29,32,34)/t17-/m1/s1. The summed E-state index contributed by atoms with van der Waals surface area (Å²) in [4.78, 5) is 32.0. The van der Waals surface area contributed by atoms with Crippen LogP contribution in [0.3, 0.4) is 0 Å². The summed E-state index contributed by atoms with van der Waals surface area (Å²) in [7, 11) is 0. The molecule has 0 unspecified atom stereocenters. The zero-order valence-electron chi connectivity index (χ0n) is 18.1. The number of benzene rings is 1. The van der Waals surface area contributed by atoms with Gasteiger partial charge < -0.3 is 10.7 Å². The van der Waals surface area contributed by atoms with E-state index in [1.54, 1.807) is 31.2 Å². The molecule has 7 nitrogen and oxygen atoms in total. The van der Waals surface area contributed by atoms with Gasteiger partial charge >= 0.3 is 6.18 Å². The lowest BCUT2D eigenvalue weighted by atomic mass is 9.91. The average Bonchev–Trinajstić information content (AvgIpc) is 2.79. The minimum absolute atomic E-state index is 0.0444. The lowest BCUT2D eigenvalue weighted by molar-refractivity contribution is -0.142. The lowest BCUT2D eigenvalue weighted by Crippen LogP contribution is -2.26. The Labute approximate surface area is 200 Å². The van der Waals surface area contributed by atoms with E-state index in [-0.39, 0.29) is 44.2 Å². The highest BCUT2D eigenvalue weighted by molar-refractivity contribution is 6.35. The summed E-state index contributed by atoms with van der Waals surface area (Å²) >= 11 is 6.29. The fourth-order valence-corrected chi connectivity index (χ4v) is 4.20. The molecule has 35 heavy (non-hydrogen) atoms. The maximum atomic E-state index is 14.7. The first-order chi connectivity index (χ1) is 16.6. The Kier molecular flexibility index (Phi) is 5.40. The van der Waals surface area contributed by atoms with Crippen LogP contribution in [0.5, 0.6) is 0 Å². The zero-order chi connectivity index (χ0) is 24.9. The molecule has 0 radical (unpaired) electrons. The van der Waals surface area contributed by atoms with Crippen molar-refractivity contribution in [3.8, 4) is 11.3 Å². The maximum absolute atomic E-state index is 14.7. The number of anilines is 1. The van der Waals surface area contributed by atoms with E-state index in [4.69, 9.17) is 17.3 Å². The van der Waals surface area contributed by atoms with Crippen LogP contribution in [0.25, 0.3) is 33.2 Å². The van der Waals surface area contributed by atoms with Crippen molar-refractivity contribution in [3.05, 3.63) is 87.2 Å². The Morgan fingerprint density at radius 3 is 2.57 bits per heavy atom. The number of pyridine rings is 3. The summed E-state index contributed by atoms with van der Waals surface area (Å²) in [6.07, 6.45) is -3.40. The Morgan fingerprint density at radius 2 is 1.83 bits per heavy atom. The molecule has 4 heterocycles. The quantitative estimate of drug-likeness (QED) is 0.356. The molecular formula is C24H16ClF3N6O. The number of aryl methyl sites for hydroxylation is 1. The van der Waals surface area contributed by atoms with Gasteiger partial charge in [-0.1, -0.05) is 23.7 Å². The third kappa shape index (κ3) is 4.06. The highest BCUT2D eigenvalue weighted by Gasteiger charge is 2.46. The first-order valence-corrected chi connectivity index (χ1v) is 10.8. The fourth-order valence-electron chi connectivity index (χ4n) is 3.97. The van der Waals surface area contributed by atoms with Crippen LogP contribution in [0.4, 0.5) is 19.0 Å². The number of para-hydroxylation sites is 1. The minimum Gasteiger partial charge on any atom is -0.382 e. The number of nitrogens with zero attached hydrogens (tertiary/aromatic N) is 4. The van der Waals surface area contributed by atoms with Crippen LogP contribution in [-0.4, -0.2) is 31.1 Å². The zero-order valence-corrected chi connectivity index (χ0v) is 18.8. The maximum Gasteiger partial charge on any atom is 0.402 e. The lowest BCUT2D eigenvalue weighted by Gasteiger charge is -2.23. The fraction of sp³-hybridized carbons (Fsp3) is 0.125. The number of fused-ring (bicyclic) bond motifs is 2. The van der Waals surface area contributed by atoms with Crippen LogP contribution in [0.1, 0.15) is 23.0 Å². The van der Waals surface area contributed by atoms with E-state index in [0.717, 1.165) is 0 Å². The van der Waals surface area contributed by atoms with Crippen LogP contribution in [0.2, 0.25) is 5.02 Å². The molecule has 0 aliphatic rings. The molecule has 0 aliphatic carbocycles. The highest BCUT2D eigenvalue weighted by Crippen LogP contribution is 2.43. The Balaban J connectivity index is 1.87. The molecule has 0 spiro atoms. The number of halogens is 4. The molecule has 5 aromatic rings. The second-order valence-electron chi connectivity index (χ2n) is 7.93. The van der Waals surface area contributed by atoms with Gasteiger partial charge in [-0.2, -0.15) is 13.2 Å². The van der Waals surface area contributed by atoms with Gasteiger partial charge in [-0.25, -0.2) is 15.0 Å². The van der Waals surface area contributed by atoms with Crippen LogP contribution < -0.4 is 11.3 Å². The Hall–Kier alpha value is -4.05. The van der Waals surface area contributed by atoms with Gasteiger partial charge in [0.15, 0.2) is 5.82 Å². The van der Waals surface area contributed by atoms with Gasteiger partial charge in [-0.15, -0.1) is 0 Å². The summed E-state index contributed by atoms with van der Waals surface area (Å²) in [5.41, 5.74) is 6.00. The largest absolute Gasteiger partial charge is 0.402 e. The SMILES string of the molecule is Cc1ccc(-c2nc3c(Cl)cccc3cc2[C@H](c2nc(N)c3ncccc3n2)C(F)(F)F)c(=O)[nH]1. The van der Waals surface area contributed by atoms with E-state index >= 15 is 0 Å². The van der Waals surface area contributed by atoms with E-state index in [2.05, 4.69) is 24.9 Å². The molecule has 0 amide bonds. The van der Waals surface area contributed by atoms with Crippen LogP contribution in [0, 0.1) is 6.92 Å². The van der Waals surface area contributed by atoms with Gasteiger partial charge in [0.1, 0.15) is 17.3 Å². The van der Waals surface area contributed by atoms with Gasteiger partial charge in [0.2, 0.25) is 0 Å². The number of rotatable bonds is 3. The van der Waals surface area contributed by atoms with E-state index < -0.39 is 23.5 Å². The van der Waals surface area contributed by atoms with E-state index in [9.17, 15) is 18.0 Å². The summed E-state index contributed by atoms with van der Waals surface area (Å²) in [6.45, 7) is 1.66. The number of nitrogens with one attached hydrogen (secondary N) is 1. The molecule has 176 valence electrons. The normalized spacial score (nSPS) is 12.8. The summed E-state index contributed by atoms with van der Waals surface area (Å²) < 4.78 is 44.1. The number of aromatic nitrogens is 5. The minimum atomic E-state index is -4.84. The van der Waals surface area contributed by atoms with Crippen molar-refractivity contribution in [2.45, 2.75) is 19.0 Å². The van der Waals surface area contributed by atoms with Crippen molar-refractivity contribution in [1.82, 2.24) is 24.9 Å². The molecule has 0 fully saturated rings. The van der Waals surface area contributed by atoms with Gasteiger partial charge in [0.05, 0.1) is 27.3 Å². The van der Waals surface area contributed by atoms with Gasteiger partial charge in [-0.3, -0.25) is 9.78 Å². The monoisotopic (exact) mass is 496 g/mol. The average molecular weight is 497 g/mol. The van der Waals surface area contributed by atoms with E-state index in [0.29, 0.717) is 11.1 Å². The summed E-state index contributed by atoms with van der Waals surface area (Å²) in [5.74, 6) is -3.10. The molecule has 1 aromatic carbocycles. The molecular weight excluding hydrogens is 481 g/mol. The highest BCUT2D eigenvalue weighted by atomic mass is 35.5. The second kappa shape index (κ2) is 8.31. The summed E-state index contributed by atoms with van der Waals surface area (Å²) in [5, 5.41) is 0.601. The number of nitrogen functional groups attached to an aromatic ring is 1. The van der Waals surface area contributed by atoms with Crippen LogP contribution in [-0.2, 0) is 0 Å².